The van der Waals surface area contributed by atoms with Gasteiger partial charge in [-0.25, -0.2) is 0 Å². The lowest BCUT2D eigenvalue weighted by molar-refractivity contribution is -0.131. The quantitative estimate of drug-likeness (QED) is 0.900. The minimum absolute atomic E-state index is 0.0768. The van der Waals surface area contributed by atoms with Crippen LogP contribution in [0.25, 0.3) is 0 Å². The molecule has 2 amide bonds. The number of hydrogen-bond acceptors (Lipinski definition) is 2. The summed E-state index contributed by atoms with van der Waals surface area (Å²) in [5.41, 5.74) is 1.93. The first-order valence-electron chi connectivity index (χ1n) is 9.54. The fourth-order valence-corrected chi connectivity index (χ4v) is 3.16. The molecule has 0 spiro atoms. The summed E-state index contributed by atoms with van der Waals surface area (Å²) in [7, 11) is 0. The fraction of sp³-hybridized carbons (Fsp3) is 0.619. The molecule has 0 atom stereocenters. The number of amides is 2. The zero-order valence-electron chi connectivity index (χ0n) is 15.9. The van der Waals surface area contributed by atoms with Crippen LogP contribution < -0.4 is 5.32 Å². The zero-order chi connectivity index (χ0) is 18.3. The summed E-state index contributed by atoms with van der Waals surface area (Å²) in [6, 6.07) is 7.71. The Morgan fingerprint density at radius 2 is 1.52 bits per heavy atom. The monoisotopic (exact) mass is 344 g/mol. The summed E-state index contributed by atoms with van der Waals surface area (Å²) in [6.07, 6.45) is 6.28. The molecular formula is C21H32N2O2. The van der Waals surface area contributed by atoms with Crippen LogP contribution in [0.2, 0.25) is 0 Å². The Morgan fingerprint density at radius 3 is 2.08 bits per heavy atom. The van der Waals surface area contributed by atoms with Crippen molar-refractivity contribution in [2.24, 2.45) is 0 Å². The molecule has 4 nitrogen and oxygen atoms in total. The second-order valence-electron chi connectivity index (χ2n) is 7.98. The summed E-state index contributed by atoms with van der Waals surface area (Å²) in [5, 5.41) is 2.87. The number of nitrogens with one attached hydrogen (secondary N) is 1. The first-order valence-corrected chi connectivity index (χ1v) is 9.54. The molecule has 1 fully saturated rings. The molecule has 1 saturated heterocycles. The minimum Gasteiger partial charge on any atom is -0.352 e. The van der Waals surface area contributed by atoms with Crippen LogP contribution in [0, 0.1) is 0 Å². The van der Waals surface area contributed by atoms with E-state index < -0.39 is 0 Å². The van der Waals surface area contributed by atoms with E-state index in [9.17, 15) is 9.59 Å². The Balaban J connectivity index is 1.78. The zero-order valence-corrected chi connectivity index (χ0v) is 15.9. The predicted octanol–water partition coefficient (Wildman–Crippen LogP) is 3.90. The Kier molecular flexibility index (Phi) is 7.03. The van der Waals surface area contributed by atoms with Gasteiger partial charge in [-0.3, -0.25) is 9.59 Å². The van der Waals surface area contributed by atoms with Gasteiger partial charge in [0.2, 0.25) is 5.91 Å². The van der Waals surface area contributed by atoms with Gasteiger partial charge in [-0.15, -0.1) is 0 Å². The minimum atomic E-state index is -0.110. The van der Waals surface area contributed by atoms with Crippen LogP contribution in [0.5, 0.6) is 0 Å². The van der Waals surface area contributed by atoms with E-state index in [4.69, 9.17) is 0 Å². The van der Waals surface area contributed by atoms with Crippen LogP contribution in [-0.4, -0.2) is 36.3 Å². The Morgan fingerprint density at radius 1 is 0.960 bits per heavy atom. The molecule has 1 N–H and O–H groups in total. The second-order valence-corrected chi connectivity index (χ2v) is 7.98. The van der Waals surface area contributed by atoms with Crippen molar-refractivity contribution in [3.05, 3.63) is 35.4 Å². The molecular weight excluding hydrogens is 312 g/mol. The van der Waals surface area contributed by atoms with Crippen molar-refractivity contribution in [1.29, 1.82) is 0 Å². The van der Waals surface area contributed by atoms with Crippen molar-refractivity contribution in [1.82, 2.24) is 10.2 Å². The lowest BCUT2D eigenvalue weighted by Crippen LogP contribution is -2.36. The molecule has 4 heteroatoms. The van der Waals surface area contributed by atoms with Gasteiger partial charge in [-0.2, -0.15) is 0 Å². The lowest BCUT2D eigenvalue weighted by Gasteiger charge is -2.24. The molecule has 0 unspecified atom stereocenters. The number of rotatable bonds is 4. The van der Waals surface area contributed by atoms with E-state index in [0.29, 0.717) is 18.5 Å². The number of benzene rings is 1. The van der Waals surface area contributed by atoms with Gasteiger partial charge in [0.1, 0.15) is 0 Å². The van der Waals surface area contributed by atoms with Crippen molar-refractivity contribution < 1.29 is 9.59 Å². The highest BCUT2D eigenvalue weighted by atomic mass is 16.2. The van der Waals surface area contributed by atoms with Gasteiger partial charge in [-0.05, 0) is 36.0 Å². The standard InChI is InChI=1S/C21H32N2O2/c1-21(2,3)18-11-9-17(10-12-18)20(25)22-14-13-19(24)23-15-7-5-4-6-8-16-23/h9-12H,4-8,13-16H2,1-3H3,(H,22,25). The average Bonchev–Trinajstić information content (AvgIpc) is 2.53. The van der Waals surface area contributed by atoms with Gasteiger partial charge in [-0.1, -0.05) is 52.2 Å². The molecule has 25 heavy (non-hydrogen) atoms. The van der Waals surface area contributed by atoms with Gasteiger partial charge >= 0.3 is 0 Å². The van der Waals surface area contributed by atoms with Crippen molar-refractivity contribution in [3.63, 3.8) is 0 Å². The molecule has 0 aromatic heterocycles. The van der Waals surface area contributed by atoms with E-state index in [1.165, 1.54) is 24.8 Å². The van der Waals surface area contributed by atoms with Gasteiger partial charge in [0.15, 0.2) is 0 Å². The van der Waals surface area contributed by atoms with E-state index >= 15 is 0 Å². The maximum absolute atomic E-state index is 12.3. The molecule has 0 bridgehead atoms. The molecule has 2 rings (SSSR count). The summed E-state index contributed by atoms with van der Waals surface area (Å²) in [5.74, 6) is 0.0474. The summed E-state index contributed by atoms with van der Waals surface area (Å²) < 4.78 is 0. The Labute approximate surface area is 152 Å². The SMILES string of the molecule is CC(C)(C)c1ccc(C(=O)NCCC(=O)N2CCCCCCC2)cc1. The third-order valence-corrected chi connectivity index (χ3v) is 4.85. The number of carbonyl (C=O) groups excluding carboxylic acids is 2. The molecule has 0 aliphatic carbocycles. The maximum Gasteiger partial charge on any atom is 0.251 e. The van der Waals surface area contributed by atoms with Crippen LogP contribution in [0.3, 0.4) is 0 Å². The molecule has 1 aromatic rings. The predicted molar refractivity (Wildman–Crippen MR) is 102 cm³/mol. The van der Waals surface area contributed by atoms with Crippen LogP contribution in [0.1, 0.15) is 75.2 Å². The van der Waals surface area contributed by atoms with E-state index in [1.807, 2.05) is 29.2 Å². The van der Waals surface area contributed by atoms with Crippen molar-refractivity contribution in [2.45, 2.75) is 64.7 Å². The molecule has 1 aliphatic rings. The second kappa shape index (κ2) is 9.02. The normalized spacial score (nSPS) is 16.0. The molecule has 0 radical (unpaired) electrons. The number of carbonyl (C=O) groups is 2. The first kappa shape index (κ1) is 19.5. The third kappa shape index (κ3) is 6.18. The average molecular weight is 344 g/mol. The number of nitrogens with zero attached hydrogens (tertiary/aromatic N) is 1. The molecule has 1 heterocycles. The summed E-state index contributed by atoms with van der Waals surface area (Å²) >= 11 is 0. The van der Waals surface area contributed by atoms with Gasteiger partial charge in [0, 0.05) is 31.6 Å². The van der Waals surface area contributed by atoms with E-state index in [1.54, 1.807) is 0 Å². The third-order valence-electron chi connectivity index (χ3n) is 4.85. The van der Waals surface area contributed by atoms with Gasteiger partial charge < -0.3 is 10.2 Å². The fourth-order valence-electron chi connectivity index (χ4n) is 3.16. The van der Waals surface area contributed by atoms with Crippen LogP contribution >= 0.6 is 0 Å². The summed E-state index contributed by atoms with van der Waals surface area (Å²) in [4.78, 5) is 26.5. The van der Waals surface area contributed by atoms with Crippen molar-refractivity contribution in [2.75, 3.05) is 19.6 Å². The largest absolute Gasteiger partial charge is 0.352 e. The number of hydrogen-bond donors (Lipinski definition) is 1. The molecule has 0 saturated carbocycles. The molecule has 1 aromatic carbocycles. The highest BCUT2D eigenvalue weighted by Crippen LogP contribution is 2.22. The highest BCUT2D eigenvalue weighted by molar-refractivity contribution is 5.94. The molecule has 138 valence electrons. The van der Waals surface area contributed by atoms with E-state index in [2.05, 4.69) is 26.1 Å². The first-order chi connectivity index (χ1) is 11.9. The topological polar surface area (TPSA) is 49.4 Å². The van der Waals surface area contributed by atoms with E-state index in [0.717, 1.165) is 25.9 Å². The van der Waals surface area contributed by atoms with E-state index in [-0.39, 0.29) is 17.2 Å². The maximum atomic E-state index is 12.3. The summed E-state index contributed by atoms with van der Waals surface area (Å²) in [6.45, 7) is 8.58. The smallest absolute Gasteiger partial charge is 0.251 e. The van der Waals surface area contributed by atoms with Crippen LogP contribution in [0.15, 0.2) is 24.3 Å². The van der Waals surface area contributed by atoms with Crippen molar-refractivity contribution >= 4 is 11.8 Å². The van der Waals surface area contributed by atoms with Gasteiger partial charge in [0.05, 0.1) is 0 Å². The molecule has 1 aliphatic heterocycles. The van der Waals surface area contributed by atoms with Crippen molar-refractivity contribution in [3.8, 4) is 0 Å². The Hall–Kier alpha value is -1.84. The highest BCUT2D eigenvalue weighted by Gasteiger charge is 2.16. The Bertz CT molecular complexity index is 565. The van der Waals surface area contributed by atoms with Crippen LogP contribution in [0.4, 0.5) is 0 Å². The van der Waals surface area contributed by atoms with Gasteiger partial charge in [0.25, 0.3) is 5.91 Å². The van der Waals surface area contributed by atoms with Crippen LogP contribution in [-0.2, 0) is 10.2 Å². The number of likely N-dealkylation sites (tertiary alicyclic amines) is 1. The lowest BCUT2D eigenvalue weighted by atomic mass is 9.87.